The normalized spacial score (nSPS) is 12.5. The number of halogens is 1. The van der Waals surface area contributed by atoms with Crippen LogP contribution in [0.2, 0.25) is 0 Å². The SMILES string of the molecule is CCC(COC)Nc1ccc(I)cc1C. The topological polar surface area (TPSA) is 21.3 Å². The number of hydrogen-bond acceptors (Lipinski definition) is 2. The van der Waals surface area contributed by atoms with Crippen molar-refractivity contribution in [3.63, 3.8) is 0 Å². The Balaban J connectivity index is 2.70. The van der Waals surface area contributed by atoms with Gasteiger partial charge in [0.05, 0.1) is 6.61 Å². The third-order valence-corrected chi connectivity index (χ3v) is 3.08. The van der Waals surface area contributed by atoms with E-state index in [-0.39, 0.29) is 0 Å². The van der Waals surface area contributed by atoms with Gasteiger partial charge in [0.2, 0.25) is 0 Å². The lowest BCUT2D eigenvalue weighted by Crippen LogP contribution is -2.24. The number of ether oxygens (including phenoxy) is 1. The van der Waals surface area contributed by atoms with E-state index in [1.165, 1.54) is 14.8 Å². The molecule has 0 aliphatic heterocycles. The number of methoxy groups -OCH3 is 1. The van der Waals surface area contributed by atoms with E-state index in [1.807, 2.05) is 0 Å². The molecule has 1 N–H and O–H groups in total. The number of nitrogens with one attached hydrogen (secondary N) is 1. The summed E-state index contributed by atoms with van der Waals surface area (Å²) in [6.07, 6.45) is 1.07. The van der Waals surface area contributed by atoms with Crippen molar-refractivity contribution in [3.05, 3.63) is 27.3 Å². The Morgan fingerprint density at radius 1 is 1.47 bits per heavy atom. The fourth-order valence-electron chi connectivity index (χ4n) is 1.47. The van der Waals surface area contributed by atoms with Gasteiger partial charge in [-0.15, -0.1) is 0 Å². The predicted octanol–water partition coefficient (Wildman–Crippen LogP) is 3.44. The van der Waals surface area contributed by atoms with Crippen molar-refractivity contribution in [1.29, 1.82) is 0 Å². The van der Waals surface area contributed by atoms with Crippen LogP contribution in [0.5, 0.6) is 0 Å². The molecule has 0 spiro atoms. The zero-order valence-electron chi connectivity index (χ0n) is 9.51. The van der Waals surface area contributed by atoms with Crippen LogP contribution in [0, 0.1) is 10.5 Å². The van der Waals surface area contributed by atoms with Crippen molar-refractivity contribution in [2.45, 2.75) is 26.3 Å². The minimum atomic E-state index is 0.397. The van der Waals surface area contributed by atoms with Gasteiger partial charge < -0.3 is 10.1 Å². The summed E-state index contributed by atoms with van der Waals surface area (Å²) in [4.78, 5) is 0. The highest BCUT2D eigenvalue weighted by Crippen LogP contribution is 2.19. The third-order valence-electron chi connectivity index (χ3n) is 2.41. The van der Waals surface area contributed by atoms with Gasteiger partial charge in [-0.1, -0.05) is 6.92 Å². The highest BCUT2D eigenvalue weighted by molar-refractivity contribution is 14.1. The molecule has 0 saturated carbocycles. The zero-order chi connectivity index (χ0) is 11.3. The van der Waals surface area contributed by atoms with Crippen LogP contribution in [0.3, 0.4) is 0 Å². The molecule has 2 nitrogen and oxygen atoms in total. The maximum Gasteiger partial charge on any atom is 0.0663 e. The molecule has 1 unspecified atom stereocenters. The predicted molar refractivity (Wildman–Crippen MR) is 73.5 cm³/mol. The molecule has 1 aromatic rings. The molecular weight excluding hydrogens is 301 g/mol. The Labute approximate surface area is 106 Å². The summed E-state index contributed by atoms with van der Waals surface area (Å²) in [6.45, 7) is 5.05. The van der Waals surface area contributed by atoms with Crippen LogP contribution in [0.4, 0.5) is 5.69 Å². The van der Waals surface area contributed by atoms with E-state index in [1.54, 1.807) is 7.11 Å². The standard InChI is InChI=1S/C12H18INO/c1-4-11(8-15-3)14-12-6-5-10(13)7-9(12)2/h5-7,11,14H,4,8H2,1-3H3. The first-order chi connectivity index (χ1) is 7.17. The minimum Gasteiger partial charge on any atom is -0.383 e. The van der Waals surface area contributed by atoms with Crippen LogP contribution in [0.1, 0.15) is 18.9 Å². The Hall–Kier alpha value is -0.290. The lowest BCUT2D eigenvalue weighted by Gasteiger charge is -2.18. The van der Waals surface area contributed by atoms with Gasteiger partial charge in [0.25, 0.3) is 0 Å². The largest absolute Gasteiger partial charge is 0.383 e. The number of rotatable bonds is 5. The molecule has 0 aliphatic rings. The van der Waals surface area contributed by atoms with E-state index >= 15 is 0 Å². The van der Waals surface area contributed by atoms with Crippen LogP contribution in [0.15, 0.2) is 18.2 Å². The molecule has 0 fully saturated rings. The van der Waals surface area contributed by atoms with Gasteiger partial charge >= 0.3 is 0 Å². The first kappa shape index (κ1) is 12.8. The zero-order valence-corrected chi connectivity index (χ0v) is 11.7. The second-order valence-electron chi connectivity index (χ2n) is 3.66. The second kappa shape index (κ2) is 6.33. The summed E-state index contributed by atoms with van der Waals surface area (Å²) < 4.78 is 6.44. The Kier molecular flexibility index (Phi) is 5.39. The monoisotopic (exact) mass is 319 g/mol. The Morgan fingerprint density at radius 2 is 2.20 bits per heavy atom. The number of anilines is 1. The van der Waals surface area contributed by atoms with Crippen molar-refractivity contribution in [1.82, 2.24) is 0 Å². The van der Waals surface area contributed by atoms with Gasteiger partial charge in [-0.3, -0.25) is 0 Å². The summed E-state index contributed by atoms with van der Waals surface area (Å²) in [5.41, 5.74) is 2.50. The molecule has 0 saturated heterocycles. The highest BCUT2D eigenvalue weighted by Gasteiger charge is 2.06. The van der Waals surface area contributed by atoms with Crippen LogP contribution in [0.25, 0.3) is 0 Å². The molecule has 0 aromatic heterocycles. The molecule has 0 radical (unpaired) electrons. The molecule has 3 heteroatoms. The molecular formula is C12H18INO. The third kappa shape index (κ3) is 3.99. The van der Waals surface area contributed by atoms with Crippen LogP contribution in [-0.2, 0) is 4.74 Å². The molecule has 0 bridgehead atoms. The van der Waals surface area contributed by atoms with Gasteiger partial charge in [-0.05, 0) is 59.7 Å². The number of hydrogen-bond donors (Lipinski definition) is 1. The minimum absolute atomic E-state index is 0.397. The van der Waals surface area contributed by atoms with Crippen molar-refractivity contribution in [2.75, 3.05) is 19.0 Å². The lowest BCUT2D eigenvalue weighted by molar-refractivity contribution is 0.184. The molecule has 15 heavy (non-hydrogen) atoms. The Bertz CT molecular complexity index is 314. The quantitative estimate of drug-likeness (QED) is 0.840. The van der Waals surface area contributed by atoms with Crippen LogP contribution in [-0.4, -0.2) is 19.8 Å². The van der Waals surface area contributed by atoms with Gasteiger partial charge in [-0.2, -0.15) is 0 Å². The molecule has 0 aliphatic carbocycles. The summed E-state index contributed by atoms with van der Waals surface area (Å²) in [5, 5.41) is 3.50. The van der Waals surface area contributed by atoms with Gasteiger partial charge in [0, 0.05) is 22.4 Å². The fourth-order valence-corrected chi connectivity index (χ4v) is 2.12. The smallest absolute Gasteiger partial charge is 0.0663 e. The summed E-state index contributed by atoms with van der Waals surface area (Å²) in [5.74, 6) is 0. The van der Waals surface area contributed by atoms with E-state index in [0.717, 1.165) is 13.0 Å². The molecule has 0 heterocycles. The van der Waals surface area contributed by atoms with E-state index in [2.05, 4.69) is 60.0 Å². The molecule has 84 valence electrons. The average Bonchev–Trinajstić information content (AvgIpc) is 2.21. The summed E-state index contributed by atoms with van der Waals surface area (Å²) >= 11 is 2.33. The summed E-state index contributed by atoms with van der Waals surface area (Å²) in [6, 6.07) is 6.83. The van der Waals surface area contributed by atoms with E-state index in [9.17, 15) is 0 Å². The van der Waals surface area contributed by atoms with Crippen molar-refractivity contribution in [3.8, 4) is 0 Å². The molecule has 1 rings (SSSR count). The average molecular weight is 319 g/mol. The number of benzene rings is 1. The van der Waals surface area contributed by atoms with Crippen molar-refractivity contribution in [2.24, 2.45) is 0 Å². The van der Waals surface area contributed by atoms with E-state index in [4.69, 9.17) is 4.74 Å². The van der Waals surface area contributed by atoms with Crippen LogP contribution >= 0.6 is 22.6 Å². The maximum atomic E-state index is 5.17. The van der Waals surface area contributed by atoms with Gasteiger partial charge in [-0.25, -0.2) is 0 Å². The second-order valence-corrected chi connectivity index (χ2v) is 4.91. The molecule has 0 amide bonds. The lowest BCUT2D eigenvalue weighted by atomic mass is 10.1. The van der Waals surface area contributed by atoms with E-state index in [0.29, 0.717) is 6.04 Å². The number of aryl methyl sites for hydroxylation is 1. The fraction of sp³-hybridized carbons (Fsp3) is 0.500. The van der Waals surface area contributed by atoms with Gasteiger partial charge in [0.15, 0.2) is 0 Å². The first-order valence-corrected chi connectivity index (χ1v) is 6.26. The summed E-state index contributed by atoms with van der Waals surface area (Å²) in [7, 11) is 1.74. The highest BCUT2D eigenvalue weighted by atomic mass is 127. The first-order valence-electron chi connectivity index (χ1n) is 5.19. The van der Waals surface area contributed by atoms with Crippen molar-refractivity contribution >= 4 is 28.3 Å². The molecule has 1 atom stereocenters. The maximum absolute atomic E-state index is 5.17. The molecule has 1 aromatic carbocycles. The van der Waals surface area contributed by atoms with Gasteiger partial charge in [0.1, 0.15) is 0 Å². The van der Waals surface area contributed by atoms with E-state index < -0.39 is 0 Å². The van der Waals surface area contributed by atoms with Crippen LogP contribution < -0.4 is 5.32 Å². The Morgan fingerprint density at radius 3 is 2.73 bits per heavy atom. The van der Waals surface area contributed by atoms with Crippen molar-refractivity contribution < 1.29 is 4.74 Å².